The summed E-state index contributed by atoms with van der Waals surface area (Å²) in [4.78, 5) is 13.2. The van der Waals surface area contributed by atoms with Gasteiger partial charge in [-0.2, -0.15) is 0 Å². The van der Waals surface area contributed by atoms with E-state index < -0.39 is 17.8 Å². The maximum absolute atomic E-state index is 13.2. The van der Waals surface area contributed by atoms with Crippen molar-refractivity contribution in [3.63, 3.8) is 0 Å². The van der Waals surface area contributed by atoms with Crippen LogP contribution >= 0.6 is 0 Å². The molecule has 2 N–H and O–H groups in total. The predicted molar refractivity (Wildman–Crippen MR) is 116 cm³/mol. The van der Waals surface area contributed by atoms with E-state index in [9.17, 15) is 15.0 Å². The van der Waals surface area contributed by atoms with Gasteiger partial charge < -0.3 is 14.9 Å². The summed E-state index contributed by atoms with van der Waals surface area (Å²) in [7, 11) is 0. The molecule has 166 valence electrons. The highest BCUT2D eigenvalue weighted by molar-refractivity contribution is 5.97. The highest BCUT2D eigenvalue weighted by atomic mass is 16.5. The van der Waals surface area contributed by atoms with Crippen molar-refractivity contribution in [1.82, 2.24) is 0 Å². The molecule has 0 heterocycles. The molecule has 4 heteroatoms. The van der Waals surface area contributed by atoms with Crippen LogP contribution in [0.4, 0.5) is 0 Å². The third kappa shape index (κ3) is 4.80. The molecule has 1 unspecified atom stereocenters. The lowest BCUT2D eigenvalue weighted by Crippen LogP contribution is -2.70. The molecule has 0 aromatic heterocycles. The van der Waals surface area contributed by atoms with E-state index in [0.29, 0.717) is 25.4 Å². The monoisotopic (exact) mass is 406 g/mol. The third-order valence-corrected chi connectivity index (χ3v) is 7.79. The Morgan fingerprint density at radius 1 is 1.14 bits per heavy atom. The maximum Gasteiger partial charge on any atom is 0.168 e. The van der Waals surface area contributed by atoms with Crippen molar-refractivity contribution in [2.24, 2.45) is 23.7 Å². The average molecular weight is 407 g/mol. The van der Waals surface area contributed by atoms with Gasteiger partial charge in [0.2, 0.25) is 0 Å². The Morgan fingerprint density at radius 3 is 2.55 bits per heavy atom. The summed E-state index contributed by atoms with van der Waals surface area (Å²) < 4.78 is 6.28. The Hall–Kier alpha value is -0.710. The van der Waals surface area contributed by atoms with Crippen molar-refractivity contribution in [2.75, 3.05) is 6.61 Å². The van der Waals surface area contributed by atoms with Crippen molar-refractivity contribution in [2.45, 2.75) is 109 Å². The van der Waals surface area contributed by atoms with Crippen LogP contribution in [0, 0.1) is 23.7 Å². The van der Waals surface area contributed by atoms with Crippen molar-refractivity contribution in [1.29, 1.82) is 0 Å². The van der Waals surface area contributed by atoms with E-state index in [1.54, 1.807) is 0 Å². The van der Waals surface area contributed by atoms with E-state index in [4.69, 9.17) is 4.74 Å². The van der Waals surface area contributed by atoms with Gasteiger partial charge in [0.25, 0.3) is 0 Å². The molecule has 0 amide bonds. The van der Waals surface area contributed by atoms with E-state index in [0.717, 1.165) is 44.9 Å². The second kappa shape index (κ2) is 10.5. The fourth-order valence-electron chi connectivity index (χ4n) is 6.03. The molecule has 3 aliphatic carbocycles. The summed E-state index contributed by atoms with van der Waals surface area (Å²) in [5, 5.41) is 21.5. The zero-order valence-electron chi connectivity index (χ0n) is 18.5. The zero-order valence-corrected chi connectivity index (χ0v) is 18.5. The van der Waals surface area contributed by atoms with E-state index in [-0.39, 0.29) is 23.5 Å². The summed E-state index contributed by atoms with van der Waals surface area (Å²) in [6.45, 7) is 4.91. The molecular weight excluding hydrogens is 364 g/mol. The van der Waals surface area contributed by atoms with Gasteiger partial charge in [0.05, 0.1) is 12.2 Å². The first-order valence-corrected chi connectivity index (χ1v) is 12.3. The number of carbonyl (C=O) groups excluding carboxylic acids is 1. The molecule has 3 aliphatic rings. The summed E-state index contributed by atoms with van der Waals surface area (Å²) in [6, 6.07) is 0. The summed E-state index contributed by atoms with van der Waals surface area (Å²) in [6.07, 6.45) is 15.2. The van der Waals surface area contributed by atoms with E-state index >= 15 is 0 Å². The van der Waals surface area contributed by atoms with Crippen LogP contribution in [0.2, 0.25) is 0 Å². The predicted octanol–water partition coefficient (Wildman–Crippen LogP) is 4.82. The van der Waals surface area contributed by atoms with Gasteiger partial charge in [-0.1, -0.05) is 64.5 Å². The second-order valence-corrected chi connectivity index (χ2v) is 9.69. The number of aliphatic hydroxyl groups is 2. The molecule has 0 saturated heterocycles. The van der Waals surface area contributed by atoms with Gasteiger partial charge in [-0.25, -0.2) is 0 Å². The van der Waals surface area contributed by atoms with Gasteiger partial charge in [-0.05, 0) is 44.4 Å². The van der Waals surface area contributed by atoms with Crippen LogP contribution in [0.25, 0.3) is 0 Å². The number of ether oxygens (including phenoxy) is 1. The molecule has 0 bridgehead atoms. The van der Waals surface area contributed by atoms with Gasteiger partial charge in [0, 0.05) is 24.4 Å². The lowest BCUT2D eigenvalue weighted by Gasteiger charge is -2.59. The number of ketones is 1. The molecule has 0 aromatic carbocycles. The molecule has 0 radical (unpaired) electrons. The lowest BCUT2D eigenvalue weighted by atomic mass is 9.49. The number of hydrogen-bond acceptors (Lipinski definition) is 4. The molecule has 3 fully saturated rings. The first-order valence-electron chi connectivity index (χ1n) is 12.3. The molecule has 29 heavy (non-hydrogen) atoms. The topological polar surface area (TPSA) is 66.8 Å². The number of unbranched alkanes of at least 4 members (excludes halogenated alkanes) is 2. The number of fused-ring (bicyclic) bond motifs is 1. The molecule has 0 spiro atoms. The minimum Gasteiger partial charge on any atom is -0.393 e. The number of aliphatic hydroxyl groups excluding tert-OH is 2. The van der Waals surface area contributed by atoms with Crippen molar-refractivity contribution >= 4 is 5.78 Å². The minimum atomic E-state index is -0.697. The van der Waals surface area contributed by atoms with E-state index in [1.807, 2.05) is 12.2 Å². The van der Waals surface area contributed by atoms with Crippen molar-refractivity contribution in [3.05, 3.63) is 12.2 Å². The van der Waals surface area contributed by atoms with Crippen LogP contribution in [0.3, 0.4) is 0 Å². The number of hydrogen-bond donors (Lipinski definition) is 2. The van der Waals surface area contributed by atoms with Crippen LogP contribution in [0.15, 0.2) is 12.2 Å². The average Bonchev–Trinajstić information content (AvgIpc) is 2.75. The molecule has 3 rings (SSSR count). The zero-order chi connectivity index (χ0) is 20.9. The van der Waals surface area contributed by atoms with Crippen LogP contribution in [0.1, 0.15) is 90.9 Å². The maximum atomic E-state index is 13.2. The quantitative estimate of drug-likeness (QED) is 0.403. The first kappa shape index (κ1) is 23.0. The van der Waals surface area contributed by atoms with Crippen molar-refractivity contribution < 1.29 is 19.7 Å². The summed E-state index contributed by atoms with van der Waals surface area (Å²) in [5.41, 5.74) is -0.697. The summed E-state index contributed by atoms with van der Waals surface area (Å²) >= 11 is 0. The van der Waals surface area contributed by atoms with E-state index in [2.05, 4.69) is 13.8 Å². The van der Waals surface area contributed by atoms with E-state index in [1.165, 1.54) is 19.3 Å². The Bertz CT molecular complexity index is 553. The van der Waals surface area contributed by atoms with Crippen LogP contribution in [-0.2, 0) is 9.53 Å². The minimum absolute atomic E-state index is 0.00648. The van der Waals surface area contributed by atoms with Gasteiger partial charge in [0.1, 0.15) is 5.60 Å². The number of Topliss-reactive ketones (excluding diaryl/α,β-unsaturated/α-hetero) is 1. The number of rotatable bonds is 10. The molecule has 0 aromatic rings. The van der Waals surface area contributed by atoms with Crippen LogP contribution < -0.4 is 0 Å². The normalized spacial score (nSPS) is 36.8. The van der Waals surface area contributed by atoms with Gasteiger partial charge in [-0.3, -0.25) is 4.79 Å². The Morgan fingerprint density at radius 2 is 1.86 bits per heavy atom. The fourth-order valence-corrected chi connectivity index (χ4v) is 6.03. The molecule has 4 nitrogen and oxygen atoms in total. The smallest absolute Gasteiger partial charge is 0.168 e. The summed E-state index contributed by atoms with van der Waals surface area (Å²) in [5.74, 6) is 0.559. The lowest BCUT2D eigenvalue weighted by molar-refractivity contribution is -0.217. The Balaban J connectivity index is 1.76. The van der Waals surface area contributed by atoms with Crippen LogP contribution in [-0.4, -0.2) is 40.4 Å². The standard InChI is InChI=1S/C25H42O4/c1-3-5-12-20-23-19(13-14-21(26)18-10-8-7-9-11-18)22(27)15-16-25(23,24(20)28)29-17-6-4-2/h13-14,18-23,26-27H,3-12,15-17H2,1-2H3/t19-,20?,21-,22+,23-,25+/m1/s1. The molecular formula is C25H42O4. The largest absolute Gasteiger partial charge is 0.393 e. The molecule has 3 saturated carbocycles. The highest BCUT2D eigenvalue weighted by Gasteiger charge is 2.66. The van der Waals surface area contributed by atoms with Gasteiger partial charge in [-0.15, -0.1) is 0 Å². The van der Waals surface area contributed by atoms with Gasteiger partial charge >= 0.3 is 0 Å². The second-order valence-electron chi connectivity index (χ2n) is 9.69. The Labute approximate surface area is 177 Å². The third-order valence-electron chi connectivity index (χ3n) is 7.79. The fraction of sp³-hybridized carbons (Fsp3) is 0.880. The van der Waals surface area contributed by atoms with Crippen LogP contribution in [0.5, 0.6) is 0 Å². The Kier molecular flexibility index (Phi) is 8.35. The SMILES string of the molecule is CCCCO[C@@]12CC[C@H](O)[C@@H](C=C[C@@H](O)C3CCCCC3)[C@@H]1C(CCCC)C2=O. The first-order chi connectivity index (χ1) is 14.0. The van der Waals surface area contributed by atoms with Crippen molar-refractivity contribution in [3.8, 4) is 0 Å². The molecule has 6 atom stereocenters. The van der Waals surface area contributed by atoms with Gasteiger partial charge in [0.15, 0.2) is 5.78 Å². The number of carbonyl (C=O) groups is 1. The highest BCUT2D eigenvalue weighted by Crippen LogP contribution is 2.56. The molecule has 0 aliphatic heterocycles.